The van der Waals surface area contributed by atoms with Crippen LogP contribution in [0.25, 0.3) is 0 Å². The van der Waals surface area contributed by atoms with Crippen LogP contribution >= 0.6 is 31.9 Å². The quantitative estimate of drug-likeness (QED) is 0.766. The lowest BCUT2D eigenvalue weighted by atomic mass is 10.3. The topological polar surface area (TPSA) is 69.8 Å². The number of amides is 2. The van der Waals surface area contributed by atoms with Crippen LogP contribution in [0.4, 0.5) is 16.4 Å². The summed E-state index contributed by atoms with van der Waals surface area (Å²) in [4.78, 5) is 18.3. The number of aromatic nitrogens is 2. The molecule has 0 saturated carbocycles. The molecule has 0 atom stereocenters. The third-order valence-corrected chi connectivity index (χ3v) is 3.25. The van der Waals surface area contributed by atoms with Crippen molar-refractivity contribution in [2.45, 2.75) is 0 Å². The van der Waals surface area contributed by atoms with Crippen LogP contribution in [0.5, 0.6) is 0 Å². The Balaban J connectivity index is 2.08. The van der Waals surface area contributed by atoms with Crippen molar-refractivity contribution in [1.82, 2.24) is 9.97 Å². The van der Waals surface area contributed by atoms with Gasteiger partial charge in [-0.25, -0.2) is 9.78 Å². The Morgan fingerprint density at radius 3 is 2.53 bits per heavy atom. The number of para-hydroxylation sites is 1. The molecule has 0 fully saturated rings. The van der Waals surface area contributed by atoms with Gasteiger partial charge in [0, 0.05) is 21.3 Å². The number of anilines is 2. The largest absolute Gasteiger partial charge is 0.331 e. The summed E-state index contributed by atoms with van der Waals surface area (Å²) in [5.41, 5.74) is 0.663. The molecule has 0 unspecified atom stereocenters. The van der Waals surface area contributed by atoms with Gasteiger partial charge >= 0.3 is 6.03 Å². The van der Waals surface area contributed by atoms with Crippen LogP contribution < -0.4 is 10.6 Å². The van der Waals surface area contributed by atoms with Gasteiger partial charge < -0.3 is 10.3 Å². The molecular weight excluding hydrogens is 352 g/mol. The molecule has 0 aliphatic rings. The van der Waals surface area contributed by atoms with E-state index < -0.39 is 0 Å². The van der Waals surface area contributed by atoms with Crippen molar-refractivity contribution in [1.29, 1.82) is 0 Å². The third kappa shape index (κ3) is 3.07. The smallest absolute Gasteiger partial charge is 0.326 e. The summed E-state index contributed by atoms with van der Waals surface area (Å²) in [6.07, 6.45) is 3.19. The maximum atomic E-state index is 11.7. The zero-order valence-corrected chi connectivity index (χ0v) is 11.7. The highest BCUT2D eigenvalue weighted by atomic mass is 79.9. The number of hydrogen-bond acceptors (Lipinski definition) is 2. The van der Waals surface area contributed by atoms with Gasteiger partial charge in [-0.1, -0.05) is 6.07 Å². The number of nitrogens with one attached hydrogen (secondary N) is 3. The monoisotopic (exact) mass is 358 g/mol. The molecule has 0 radical (unpaired) electrons. The Morgan fingerprint density at radius 1 is 1.24 bits per heavy atom. The minimum absolute atomic E-state index is 0.368. The average Bonchev–Trinajstić information content (AvgIpc) is 2.76. The molecule has 0 bridgehead atoms. The first-order chi connectivity index (χ1) is 8.16. The van der Waals surface area contributed by atoms with Crippen molar-refractivity contribution in [2.75, 3.05) is 10.6 Å². The summed E-state index contributed by atoms with van der Waals surface area (Å²) in [5, 5.41) is 5.28. The molecule has 88 valence electrons. The van der Waals surface area contributed by atoms with E-state index in [1.54, 1.807) is 12.4 Å². The molecule has 0 spiro atoms. The first-order valence-corrected chi connectivity index (χ1v) is 6.27. The van der Waals surface area contributed by atoms with Crippen LogP contribution in [0.1, 0.15) is 0 Å². The van der Waals surface area contributed by atoms with Crippen LogP contribution in [-0.4, -0.2) is 16.0 Å². The Kier molecular flexibility index (Phi) is 3.80. The van der Waals surface area contributed by atoms with Crippen molar-refractivity contribution in [3.63, 3.8) is 0 Å². The van der Waals surface area contributed by atoms with Crippen LogP contribution in [0, 0.1) is 0 Å². The molecule has 5 nitrogen and oxygen atoms in total. The molecule has 0 saturated heterocycles. The Labute approximate surface area is 114 Å². The van der Waals surface area contributed by atoms with Gasteiger partial charge in [0.1, 0.15) is 0 Å². The molecule has 2 aromatic rings. The second-order valence-electron chi connectivity index (χ2n) is 3.11. The van der Waals surface area contributed by atoms with Crippen molar-refractivity contribution in [2.24, 2.45) is 0 Å². The van der Waals surface area contributed by atoms with E-state index in [1.165, 1.54) is 0 Å². The fraction of sp³-hybridized carbons (Fsp3) is 0. The lowest BCUT2D eigenvalue weighted by molar-refractivity contribution is 0.262. The Morgan fingerprint density at radius 2 is 1.94 bits per heavy atom. The molecule has 1 aromatic heterocycles. The molecule has 0 aliphatic heterocycles. The molecular formula is C10H8Br2N4O. The highest BCUT2D eigenvalue weighted by Crippen LogP contribution is 2.30. The molecule has 3 N–H and O–H groups in total. The highest BCUT2D eigenvalue weighted by molar-refractivity contribution is 9.11. The van der Waals surface area contributed by atoms with Crippen molar-refractivity contribution in [3.8, 4) is 0 Å². The summed E-state index contributed by atoms with van der Waals surface area (Å²) < 4.78 is 1.59. The van der Waals surface area contributed by atoms with Gasteiger partial charge in [-0.15, -0.1) is 0 Å². The minimum atomic E-state index is -0.368. The van der Waals surface area contributed by atoms with Crippen molar-refractivity contribution in [3.05, 3.63) is 39.5 Å². The zero-order chi connectivity index (χ0) is 12.3. The molecule has 1 aromatic carbocycles. The normalized spacial score (nSPS) is 10.0. The van der Waals surface area contributed by atoms with Crippen molar-refractivity contribution >= 4 is 49.5 Å². The number of halogens is 2. The third-order valence-electron chi connectivity index (χ3n) is 1.93. The van der Waals surface area contributed by atoms with Crippen LogP contribution in [0.3, 0.4) is 0 Å². The van der Waals surface area contributed by atoms with Gasteiger partial charge in [0.05, 0.1) is 5.69 Å². The summed E-state index contributed by atoms with van der Waals surface area (Å²) in [7, 11) is 0. The number of benzene rings is 1. The SMILES string of the molecule is O=C(Nc1ncc[nH]1)Nc1c(Br)cccc1Br. The standard InChI is InChI=1S/C10H8Br2N4O/c11-6-2-1-3-7(12)8(6)15-10(17)16-9-13-4-5-14-9/h1-5H,(H3,13,14,15,16,17). The second-order valence-corrected chi connectivity index (χ2v) is 4.82. The predicted octanol–water partition coefficient (Wildman–Crippen LogP) is 3.58. The number of hydrogen-bond donors (Lipinski definition) is 3. The van der Waals surface area contributed by atoms with E-state index >= 15 is 0 Å². The predicted molar refractivity (Wildman–Crippen MR) is 73.1 cm³/mol. The highest BCUT2D eigenvalue weighted by Gasteiger charge is 2.09. The van der Waals surface area contributed by atoms with Gasteiger partial charge in [0.2, 0.25) is 5.95 Å². The second kappa shape index (κ2) is 5.33. The summed E-state index contributed by atoms with van der Waals surface area (Å²) in [6.45, 7) is 0. The maximum absolute atomic E-state index is 11.7. The number of urea groups is 1. The molecule has 0 aliphatic carbocycles. The summed E-state index contributed by atoms with van der Waals surface area (Å²) >= 11 is 6.72. The molecule has 1 heterocycles. The summed E-state index contributed by atoms with van der Waals surface area (Å²) in [6, 6.07) is 5.18. The number of carbonyl (C=O) groups excluding carboxylic acids is 1. The molecule has 17 heavy (non-hydrogen) atoms. The van der Waals surface area contributed by atoms with E-state index in [0.717, 1.165) is 8.95 Å². The molecule has 7 heteroatoms. The van der Waals surface area contributed by atoms with Gasteiger partial charge in [0.15, 0.2) is 0 Å². The first kappa shape index (κ1) is 12.1. The number of imidazole rings is 1. The van der Waals surface area contributed by atoms with Gasteiger partial charge in [0.25, 0.3) is 0 Å². The molecule has 2 rings (SSSR count). The molecule has 2 amide bonds. The van der Waals surface area contributed by atoms with E-state index in [-0.39, 0.29) is 6.03 Å². The fourth-order valence-electron chi connectivity index (χ4n) is 1.20. The number of carbonyl (C=O) groups is 1. The van der Waals surface area contributed by atoms with E-state index in [1.807, 2.05) is 18.2 Å². The van der Waals surface area contributed by atoms with Gasteiger partial charge in [-0.05, 0) is 44.0 Å². The minimum Gasteiger partial charge on any atom is -0.331 e. The van der Waals surface area contributed by atoms with E-state index in [9.17, 15) is 4.79 Å². The van der Waals surface area contributed by atoms with Crippen LogP contribution in [0.15, 0.2) is 39.5 Å². The van der Waals surface area contributed by atoms with E-state index in [2.05, 4.69) is 52.5 Å². The number of H-pyrrole nitrogens is 1. The maximum Gasteiger partial charge on any atom is 0.326 e. The lowest BCUT2D eigenvalue weighted by Gasteiger charge is -2.09. The van der Waals surface area contributed by atoms with Crippen LogP contribution in [-0.2, 0) is 0 Å². The number of aromatic amines is 1. The Bertz CT molecular complexity index is 507. The zero-order valence-electron chi connectivity index (χ0n) is 8.50. The Hall–Kier alpha value is -1.34. The van der Waals surface area contributed by atoms with Crippen molar-refractivity contribution < 1.29 is 4.79 Å². The summed E-state index contributed by atoms with van der Waals surface area (Å²) in [5.74, 6) is 0.394. The van der Waals surface area contributed by atoms with E-state index in [0.29, 0.717) is 11.6 Å². The van der Waals surface area contributed by atoms with Crippen LogP contribution in [0.2, 0.25) is 0 Å². The number of rotatable bonds is 2. The lowest BCUT2D eigenvalue weighted by Crippen LogP contribution is -2.20. The van der Waals surface area contributed by atoms with Gasteiger partial charge in [-0.2, -0.15) is 0 Å². The average molecular weight is 360 g/mol. The van der Waals surface area contributed by atoms with E-state index in [4.69, 9.17) is 0 Å². The first-order valence-electron chi connectivity index (χ1n) is 4.68. The fourth-order valence-corrected chi connectivity index (χ4v) is 2.40. The number of nitrogens with zero attached hydrogens (tertiary/aromatic N) is 1. The van der Waals surface area contributed by atoms with Gasteiger partial charge in [-0.3, -0.25) is 5.32 Å².